The Balaban J connectivity index is 1.30. The normalized spacial score (nSPS) is 16.4. The average Bonchev–Trinajstić information content (AvgIpc) is 3.10. The second-order valence-corrected chi connectivity index (χ2v) is 10.7. The first kappa shape index (κ1) is 27.5. The maximum absolute atomic E-state index is 12.4. The molecule has 3 aromatic rings. The van der Waals surface area contributed by atoms with Gasteiger partial charge < -0.3 is 19.6 Å². The Morgan fingerprint density at radius 2 is 1.80 bits per heavy atom. The lowest BCUT2D eigenvalue weighted by Crippen LogP contribution is -2.46. The molecule has 0 spiro atoms. The van der Waals surface area contributed by atoms with Gasteiger partial charge in [-0.1, -0.05) is 36.4 Å². The number of benzene rings is 2. The van der Waals surface area contributed by atoms with Crippen LogP contribution in [-0.4, -0.2) is 57.8 Å². The fourth-order valence-electron chi connectivity index (χ4n) is 5.78. The van der Waals surface area contributed by atoms with E-state index in [1.807, 2.05) is 30.3 Å². The summed E-state index contributed by atoms with van der Waals surface area (Å²) in [4.78, 5) is 40.4. The zero-order chi connectivity index (χ0) is 28.4. The van der Waals surface area contributed by atoms with Crippen molar-refractivity contribution in [3.8, 4) is 5.75 Å². The highest BCUT2D eigenvalue weighted by Crippen LogP contribution is 2.37. The Morgan fingerprint density at radius 3 is 2.55 bits per heavy atom. The molecule has 1 N–H and O–H groups in total. The Kier molecular flexibility index (Phi) is 7.93. The molecule has 2 aromatic carbocycles. The Labute approximate surface area is 233 Å². The molecule has 5 rings (SSSR count). The third kappa shape index (κ3) is 5.60. The minimum absolute atomic E-state index is 0.0324. The molecule has 0 aliphatic carbocycles. The van der Waals surface area contributed by atoms with Crippen molar-refractivity contribution in [3.63, 3.8) is 0 Å². The number of rotatable bonds is 7. The van der Waals surface area contributed by atoms with Crippen molar-refractivity contribution in [1.82, 2.24) is 14.0 Å². The van der Waals surface area contributed by atoms with Crippen LogP contribution < -0.4 is 20.9 Å². The number of hydrogen-bond donors (Lipinski definition) is 1. The van der Waals surface area contributed by atoms with Gasteiger partial charge in [0.05, 0.1) is 6.42 Å². The molecule has 1 fully saturated rings. The van der Waals surface area contributed by atoms with Crippen LogP contribution in [0.15, 0.2) is 64.2 Å². The summed E-state index contributed by atoms with van der Waals surface area (Å²) >= 11 is 0. The van der Waals surface area contributed by atoms with Crippen molar-refractivity contribution in [2.24, 2.45) is 14.1 Å². The lowest BCUT2D eigenvalue weighted by molar-refractivity contribution is -0.136. The average molecular weight is 545 g/mol. The van der Waals surface area contributed by atoms with E-state index in [0.717, 1.165) is 77.0 Å². The summed E-state index contributed by atoms with van der Waals surface area (Å²) in [5.41, 5.74) is 4.38. The van der Waals surface area contributed by atoms with Crippen LogP contribution in [0, 0.1) is 0 Å². The number of ether oxygens (including phenoxy) is 1. The van der Waals surface area contributed by atoms with Gasteiger partial charge in [-0.2, -0.15) is 0 Å². The number of piperidine rings is 1. The third-order valence-electron chi connectivity index (χ3n) is 8.12. The van der Waals surface area contributed by atoms with Crippen LogP contribution in [0.4, 0.5) is 5.82 Å². The van der Waals surface area contributed by atoms with E-state index < -0.39 is 5.97 Å². The van der Waals surface area contributed by atoms with Crippen LogP contribution in [0.25, 0.3) is 5.57 Å². The molecule has 0 amide bonds. The molecule has 2 aliphatic rings. The molecule has 210 valence electrons. The van der Waals surface area contributed by atoms with E-state index in [9.17, 15) is 19.5 Å². The van der Waals surface area contributed by atoms with Gasteiger partial charge in [-0.25, -0.2) is 4.79 Å². The SMILES string of the molecule is CN(CC/C=C1/c2ccccc2COc2ccc(CC(=O)O)cc21)C1CCN(c2cc(=O)n(C)c(=O)n2C)CC1. The monoisotopic (exact) mass is 544 g/mol. The van der Waals surface area contributed by atoms with Crippen LogP contribution >= 0.6 is 0 Å². The van der Waals surface area contributed by atoms with E-state index in [1.54, 1.807) is 17.7 Å². The molecular weight excluding hydrogens is 508 g/mol. The lowest BCUT2D eigenvalue weighted by atomic mass is 9.92. The van der Waals surface area contributed by atoms with E-state index in [-0.39, 0.29) is 17.7 Å². The van der Waals surface area contributed by atoms with Gasteiger partial charge in [0, 0.05) is 51.4 Å². The smallest absolute Gasteiger partial charge is 0.332 e. The van der Waals surface area contributed by atoms with Gasteiger partial charge in [-0.05, 0) is 60.7 Å². The van der Waals surface area contributed by atoms with E-state index in [4.69, 9.17) is 4.74 Å². The molecule has 3 heterocycles. The largest absolute Gasteiger partial charge is 0.488 e. The molecule has 2 aliphatic heterocycles. The van der Waals surface area contributed by atoms with Gasteiger partial charge >= 0.3 is 11.7 Å². The van der Waals surface area contributed by atoms with Crippen LogP contribution in [0.1, 0.15) is 41.5 Å². The van der Waals surface area contributed by atoms with Crippen LogP contribution in [-0.2, 0) is 31.9 Å². The first-order valence-electron chi connectivity index (χ1n) is 13.7. The molecule has 0 saturated carbocycles. The van der Waals surface area contributed by atoms with Crippen LogP contribution in [0.2, 0.25) is 0 Å². The van der Waals surface area contributed by atoms with Gasteiger partial charge in [0.15, 0.2) is 0 Å². The van der Waals surface area contributed by atoms with Crippen molar-refractivity contribution in [3.05, 3.63) is 97.7 Å². The number of fused-ring (bicyclic) bond motifs is 2. The van der Waals surface area contributed by atoms with E-state index in [1.165, 1.54) is 7.05 Å². The molecule has 0 radical (unpaired) electrons. The predicted molar refractivity (Wildman–Crippen MR) is 155 cm³/mol. The summed E-state index contributed by atoms with van der Waals surface area (Å²) in [5.74, 6) is 0.585. The second kappa shape index (κ2) is 11.6. The molecule has 0 atom stereocenters. The molecule has 9 heteroatoms. The van der Waals surface area contributed by atoms with Gasteiger partial charge in [0.1, 0.15) is 18.2 Å². The highest BCUT2D eigenvalue weighted by atomic mass is 16.5. The van der Waals surface area contributed by atoms with Crippen molar-refractivity contribution < 1.29 is 14.6 Å². The number of nitrogens with zero attached hydrogens (tertiary/aromatic N) is 4. The van der Waals surface area contributed by atoms with E-state index in [0.29, 0.717) is 18.5 Å². The van der Waals surface area contributed by atoms with Gasteiger partial charge in [-0.3, -0.25) is 18.7 Å². The summed E-state index contributed by atoms with van der Waals surface area (Å²) < 4.78 is 8.79. The zero-order valence-electron chi connectivity index (χ0n) is 23.3. The summed E-state index contributed by atoms with van der Waals surface area (Å²) in [7, 11) is 5.36. The number of aliphatic carboxylic acids is 1. The fraction of sp³-hybridized carbons (Fsp3) is 0.387. The quantitative estimate of drug-likeness (QED) is 0.488. The maximum atomic E-state index is 12.4. The van der Waals surface area contributed by atoms with Crippen molar-refractivity contribution in [2.75, 3.05) is 31.6 Å². The van der Waals surface area contributed by atoms with Gasteiger partial charge in [-0.15, -0.1) is 0 Å². The highest BCUT2D eigenvalue weighted by molar-refractivity contribution is 5.85. The first-order chi connectivity index (χ1) is 19.2. The fourth-order valence-corrected chi connectivity index (χ4v) is 5.78. The maximum Gasteiger partial charge on any atom is 0.332 e. The number of hydrogen-bond acceptors (Lipinski definition) is 6. The minimum Gasteiger partial charge on any atom is -0.488 e. The van der Waals surface area contributed by atoms with Crippen molar-refractivity contribution in [2.45, 2.75) is 38.3 Å². The van der Waals surface area contributed by atoms with Gasteiger partial charge in [0.2, 0.25) is 0 Å². The Bertz CT molecular complexity index is 1560. The van der Waals surface area contributed by atoms with Gasteiger partial charge in [0.25, 0.3) is 5.56 Å². The molecule has 1 saturated heterocycles. The van der Waals surface area contributed by atoms with E-state index in [2.05, 4.69) is 35.1 Å². The van der Waals surface area contributed by atoms with Crippen molar-refractivity contribution >= 4 is 17.4 Å². The summed E-state index contributed by atoms with van der Waals surface area (Å²) in [6.07, 6.45) is 4.92. The lowest BCUT2D eigenvalue weighted by Gasteiger charge is -2.38. The highest BCUT2D eigenvalue weighted by Gasteiger charge is 2.25. The summed E-state index contributed by atoms with van der Waals surface area (Å²) in [6.45, 7) is 2.89. The number of carboxylic acid groups (broad SMARTS) is 1. The van der Waals surface area contributed by atoms with Crippen molar-refractivity contribution in [1.29, 1.82) is 0 Å². The number of carbonyl (C=O) groups is 1. The van der Waals surface area contributed by atoms with Crippen LogP contribution in [0.3, 0.4) is 0 Å². The molecule has 0 unspecified atom stereocenters. The predicted octanol–water partition coefficient (Wildman–Crippen LogP) is 3.03. The topological polar surface area (TPSA) is 97.0 Å². The molecule has 9 nitrogen and oxygen atoms in total. The second-order valence-electron chi connectivity index (χ2n) is 10.7. The summed E-state index contributed by atoms with van der Waals surface area (Å²) in [6, 6.07) is 15.8. The third-order valence-corrected chi connectivity index (χ3v) is 8.12. The molecular formula is C31H36N4O5. The molecule has 1 aromatic heterocycles. The standard InChI is InChI=1S/C31H36N4O5/c1-32(23-12-15-35(16-13-23)28-19-29(36)34(3)31(39)33(28)2)14-6-9-25-24-8-5-4-7-22(24)20-40-27-11-10-21(17-26(25)27)18-30(37)38/h4-5,7-11,17,19,23H,6,12-16,18,20H2,1-3H3,(H,37,38)/b25-9-. The number of aromatic nitrogens is 2. The summed E-state index contributed by atoms with van der Waals surface area (Å²) in [5, 5.41) is 9.32. The zero-order valence-corrected chi connectivity index (χ0v) is 23.3. The first-order valence-corrected chi connectivity index (χ1v) is 13.7. The van der Waals surface area contributed by atoms with E-state index >= 15 is 0 Å². The Hall–Kier alpha value is -4.11. The Morgan fingerprint density at radius 1 is 1.05 bits per heavy atom. The minimum atomic E-state index is -0.856. The van der Waals surface area contributed by atoms with Crippen LogP contribution in [0.5, 0.6) is 5.75 Å². The number of carboxylic acids is 1. The number of anilines is 1. The molecule has 40 heavy (non-hydrogen) atoms. The molecule has 0 bridgehead atoms.